The van der Waals surface area contributed by atoms with Gasteiger partial charge in [0.15, 0.2) is 0 Å². The second-order valence-electron chi connectivity index (χ2n) is 7.55. The van der Waals surface area contributed by atoms with Gasteiger partial charge in [0, 0.05) is 44.5 Å². The number of aromatic nitrogens is 2. The normalized spacial score (nSPS) is 15.6. The van der Waals surface area contributed by atoms with E-state index in [9.17, 15) is 4.79 Å². The third-order valence-corrected chi connectivity index (χ3v) is 5.59. The molecule has 0 atom stereocenters. The standard InChI is InChI=1S/C24H25N3O2/c28-23(27-18-20-4-2-10-26-17-20)24(8-13-29-14-9-24)16-19-3-1-5-22(15-19)21-6-11-25-12-7-21/h1-7,10-12,15,17H,8-9,13-14,16,18H2,(H,27,28). The van der Waals surface area contributed by atoms with E-state index in [2.05, 4.69) is 39.6 Å². The number of amides is 1. The molecule has 1 aliphatic heterocycles. The Bertz CT molecular complexity index is 939. The molecule has 5 heteroatoms. The lowest BCUT2D eigenvalue weighted by Gasteiger charge is -2.36. The van der Waals surface area contributed by atoms with Crippen molar-refractivity contribution in [3.8, 4) is 11.1 Å². The molecule has 2 aromatic heterocycles. The maximum atomic E-state index is 13.3. The van der Waals surface area contributed by atoms with Gasteiger partial charge < -0.3 is 10.1 Å². The highest BCUT2D eigenvalue weighted by Gasteiger charge is 2.40. The number of nitrogens with zero attached hydrogens (tertiary/aromatic N) is 2. The minimum atomic E-state index is -0.447. The number of hydrogen-bond donors (Lipinski definition) is 1. The summed E-state index contributed by atoms with van der Waals surface area (Å²) < 4.78 is 5.57. The molecule has 0 aliphatic carbocycles. The number of hydrogen-bond acceptors (Lipinski definition) is 4. The van der Waals surface area contributed by atoms with Crippen molar-refractivity contribution < 1.29 is 9.53 Å². The summed E-state index contributed by atoms with van der Waals surface area (Å²) in [6.45, 7) is 1.72. The highest BCUT2D eigenvalue weighted by molar-refractivity contribution is 5.83. The van der Waals surface area contributed by atoms with E-state index in [4.69, 9.17) is 4.74 Å². The van der Waals surface area contributed by atoms with E-state index >= 15 is 0 Å². The molecule has 1 aromatic carbocycles. The number of carbonyl (C=O) groups is 1. The van der Waals surface area contributed by atoms with Gasteiger partial charge in [-0.2, -0.15) is 0 Å². The highest BCUT2D eigenvalue weighted by atomic mass is 16.5. The van der Waals surface area contributed by atoms with Crippen LogP contribution in [0.25, 0.3) is 11.1 Å². The molecule has 1 N–H and O–H groups in total. The van der Waals surface area contributed by atoms with E-state index in [1.165, 1.54) is 0 Å². The predicted octanol–water partition coefficient (Wildman–Crippen LogP) is 3.80. The van der Waals surface area contributed by atoms with Gasteiger partial charge in [0.05, 0.1) is 5.41 Å². The first-order valence-electron chi connectivity index (χ1n) is 9.99. The summed E-state index contributed by atoms with van der Waals surface area (Å²) in [5.74, 6) is 0.0963. The molecule has 29 heavy (non-hydrogen) atoms. The van der Waals surface area contributed by atoms with Crippen LogP contribution in [0.3, 0.4) is 0 Å². The Morgan fingerprint density at radius 3 is 2.48 bits per heavy atom. The van der Waals surface area contributed by atoms with Crippen LogP contribution in [0.2, 0.25) is 0 Å². The fourth-order valence-corrected chi connectivity index (χ4v) is 3.91. The van der Waals surface area contributed by atoms with Crippen molar-refractivity contribution in [2.24, 2.45) is 5.41 Å². The zero-order valence-corrected chi connectivity index (χ0v) is 16.4. The van der Waals surface area contributed by atoms with E-state index in [1.807, 2.05) is 24.3 Å². The van der Waals surface area contributed by atoms with Gasteiger partial charge in [-0.3, -0.25) is 14.8 Å². The second-order valence-corrected chi connectivity index (χ2v) is 7.55. The molecule has 3 heterocycles. The van der Waals surface area contributed by atoms with E-state index in [0.717, 1.165) is 35.1 Å². The van der Waals surface area contributed by atoms with Crippen LogP contribution < -0.4 is 5.32 Å². The predicted molar refractivity (Wildman–Crippen MR) is 112 cm³/mol. The van der Waals surface area contributed by atoms with Crippen molar-refractivity contribution in [1.29, 1.82) is 0 Å². The molecule has 1 saturated heterocycles. The third kappa shape index (κ3) is 4.69. The quantitative estimate of drug-likeness (QED) is 0.699. The molecule has 1 aliphatic rings. The molecular formula is C24H25N3O2. The summed E-state index contributed by atoms with van der Waals surface area (Å²) in [7, 11) is 0. The number of pyridine rings is 2. The van der Waals surface area contributed by atoms with Gasteiger partial charge in [-0.25, -0.2) is 0 Å². The van der Waals surface area contributed by atoms with Gasteiger partial charge in [0.2, 0.25) is 5.91 Å². The summed E-state index contributed by atoms with van der Waals surface area (Å²) in [6.07, 6.45) is 9.28. The maximum absolute atomic E-state index is 13.3. The number of nitrogens with one attached hydrogen (secondary N) is 1. The molecule has 0 spiro atoms. The first kappa shape index (κ1) is 19.3. The molecule has 0 unspecified atom stereocenters. The molecule has 5 nitrogen and oxygen atoms in total. The van der Waals surface area contributed by atoms with Gasteiger partial charge in [-0.05, 0) is 59.7 Å². The molecule has 0 radical (unpaired) electrons. The van der Waals surface area contributed by atoms with Crippen molar-refractivity contribution in [3.05, 3.63) is 84.4 Å². The largest absolute Gasteiger partial charge is 0.381 e. The highest BCUT2D eigenvalue weighted by Crippen LogP contribution is 2.35. The van der Waals surface area contributed by atoms with Gasteiger partial charge >= 0.3 is 0 Å². The summed E-state index contributed by atoms with van der Waals surface area (Å²) in [4.78, 5) is 21.5. The summed E-state index contributed by atoms with van der Waals surface area (Å²) in [5, 5.41) is 3.13. The lowest BCUT2D eigenvalue weighted by molar-refractivity contribution is -0.136. The molecular weight excluding hydrogens is 362 g/mol. The van der Waals surface area contributed by atoms with Crippen LogP contribution in [0, 0.1) is 5.41 Å². The van der Waals surface area contributed by atoms with Gasteiger partial charge in [0.1, 0.15) is 0 Å². The van der Waals surface area contributed by atoms with Crippen LogP contribution in [-0.2, 0) is 22.5 Å². The summed E-state index contributed by atoms with van der Waals surface area (Å²) >= 11 is 0. The van der Waals surface area contributed by atoms with Crippen molar-refractivity contribution in [2.75, 3.05) is 13.2 Å². The number of benzene rings is 1. The fourth-order valence-electron chi connectivity index (χ4n) is 3.91. The van der Waals surface area contributed by atoms with Crippen LogP contribution in [0.1, 0.15) is 24.0 Å². The van der Waals surface area contributed by atoms with Gasteiger partial charge in [-0.1, -0.05) is 30.3 Å². The monoisotopic (exact) mass is 387 g/mol. The van der Waals surface area contributed by atoms with Crippen molar-refractivity contribution in [2.45, 2.75) is 25.8 Å². The number of carbonyl (C=O) groups excluding carboxylic acids is 1. The number of ether oxygens (including phenoxy) is 1. The SMILES string of the molecule is O=C(NCc1cccnc1)C1(Cc2cccc(-c3ccncc3)c2)CCOCC1. The molecule has 1 amide bonds. The lowest BCUT2D eigenvalue weighted by atomic mass is 9.74. The third-order valence-electron chi connectivity index (χ3n) is 5.59. The van der Waals surface area contributed by atoms with E-state index in [0.29, 0.717) is 26.2 Å². The Balaban J connectivity index is 1.53. The van der Waals surface area contributed by atoms with Crippen LogP contribution >= 0.6 is 0 Å². The topological polar surface area (TPSA) is 64.1 Å². The summed E-state index contributed by atoms with van der Waals surface area (Å²) in [6, 6.07) is 16.3. The van der Waals surface area contributed by atoms with Crippen molar-refractivity contribution >= 4 is 5.91 Å². The molecule has 148 valence electrons. The minimum absolute atomic E-state index is 0.0963. The Morgan fingerprint density at radius 1 is 0.931 bits per heavy atom. The fraction of sp³-hybridized carbons (Fsp3) is 0.292. The smallest absolute Gasteiger partial charge is 0.226 e. The molecule has 4 rings (SSSR count). The molecule has 3 aromatic rings. The summed E-state index contributed by atoms with van der Waals surface area (Å²) in [5.41, 5.74) is 3.99. The maximum Gasteiger partial charge on any atom is 0.226 e. The second kappa shape index (κ2) is 8.97. The Morgan fingerprint density at radius 2 is 1.72 bits per heavy atom. The average Bonchev–Trinajstić information content (AvgIpc) is 2.79. The number of rotatable bonds is 6. The zero-order valence-electron chi connectivity index (χ0n) is 16.4. The average molecular weight is 387 g/mol. The van der Waals surface area contributed by atoms with E-state index in [1.54, 1.807) is 24.8 Å². The van der Waals surface area contributed by atoms with E-state index in [-0.39, 0.29) is 5.91 Å². The van der Waals surface area contributed by atoms with Gasteiger partial charge in [-0.15, -0.1) is 0 Å². The molecule has 0 saturated carbocycles. The molecule has 0 bridgehead atoms. The van der Waals surface area contributed by atoms with Crippen LogP contribution in [0.4, 0.5) is 0 Å². The lowest BCUT2D eigenvalue weighted by Crippen LogP contribution is -2.45. The Hall–Kier alpha value is -3.05. The van der Waals surface area contributed by atoms with E-state index < -0.39 is 5.41 Å². The minimum Gasteiger partial charge on any atom is -0.381 e. The Kier molecular flexibility index (Phi) is 5.96. The van der Waals surface area contributed by atoms with Crippen LogP contribution in [0.15, 0.2) is 73.3 Å². The zero-order chi connectivity index (χ0) is 19.9. The first-order valence-corrected chi connectivity index (χ1v) is 9.99. The van der Waals surface area contributed by atoms with Crippen LogP contribution in [-0.4, -0.2) is 29.1 Å². The van der Waals surface area contributed by atoms with Crippen molar-refractivity contribution in [3.63, 3.8) is 0 Å². The van der Waals surface area contributed by atoms with Gasteiger partial charge in [0.25, 0.3) is 0 Å². The Labute approximate surface area is 171 Å². The first-order chi connectivity index (χ1) is 14.3. The molecule has 1 fully saturated rings. The van der Waals surface area contributed by atoms with Crippen molar-refractivity contribution in [1.82, 2.24) is 15.3 Å². The van der Waals surface area contributed by atoms with Crippen LogP contribution in [0.5, 0.6) is 0 Å².